The second-order valence-electron chi connectivity index (χ2n) is 1.79. The molecule has 11 heavy (non-hydrogen) atoms. The number of nitriles is 2. The van der Waals surface area contributed by atoms with Gasteiger partial charge in [0.25, 0.3) is 0 Å². The van der Waals surface area contributed by atoms with Crippen LogP contribution in [-0.4, -0.2) is 19.0 Å². The van der Waals surface area contributed by atoms with Crippen molar-refractivity contribution in [2.24, 2.45) is 9.98 Å². The Morgan fingerprint density at radius 1 is 1.45 bits per heavy atom. The third-order valence-electron chi connectivity index (χ3n) is 1.11. The molecule has 4 nitrogen and oxygen atoms in total. The summed E-state index contributed by atoms with van der Waals surface area (Å²) in [6.45, 7) is 0.521. The van der Waals surface area contributed by atoms with Crippen LogP contribution in [0.2, 0.25) is 0 Å². The van der Waals surface area contributed by atoms with E-state index < -0.39 is 0 Å². The summed E-state index contributed by atoms with van der Waals surface area (Å²) < 4.78 is 0. The molecule has 0 radical (unpaired) electrons. The molecule has 0 bridgehead atoms. The quantitative estimate of drug-likeness (QED) is 0.463. The minimum atomic E-state index is 0.00435. The summed E-state index contributed by atoms with van der Waals surface area (Å²) in [7, 11) is 0. The van der Waals surface area contributed by atoms with Crippen LogP contribution in [0.1, 0.15) is 0 Å². The van der Waals surface area contributed by atoms with Crippen molar-refractivity contribution in [3.63, 3.8) is 0 Å². The number of rotatable bonds is 0. The van der Waals surface area contributed by atoms with Crippen LogP contribution in [0, 0.1) is 22.7 Å². The Balaban J connectivity index is 3.06. The van der Waals surface area contributed by atoms with E-state index in [0.29, 0.717) is 12.2 Å². The molecule has 0 amide bonds. The van der Waals surface area contributed by atoms with Crippen molar-refractivity contribution in [3.05, 3.63) is 11.3 Å². The monoisotopic (exact) mass is 144 g/mol. The minimum absolute atomic E-state index is 0.00435. The molecule has 52 valence electrons. The van der Waals surface area contributed by atoms with Gasteiger partial charge in [0.15, 0.2) is 5.57 Å². The standard InChI is InChI=1S/C7H4N4/c8-3-6(4-9)7-5-10-1-2-11-7/h2,5H,1H2. The van der Waals surface area contributed by atoms with Crippen molar-refractivity contribution in [2.45, 2.75) is 0 Å². The summed E-state index contributed by atoms with van der Waals surface area (Å²) in [6, 6.07) is 3.47. The number of nitrogens with zero attached hydrogens (tertiary/aromatic N) is 4. The van der Waals surface area contributed by atoms with E-state index >= 15 is 0 Å². The Kier molecular flexibility index (Phi) is 2.14. The van der Waals surface area contributed by atoms with Crippen LogP contribution in [0.5, 0.6) is 0 Å². The summed E-state index contributed by atoms with van der Waals surface area (Å²) >= 11 is 0. The van der Waals surface area contributed by atoms with E-state index in [9.17, 15) is 0 Å². The molecule has 0 atom stereocenters. The molecular weight excluding hydrogens is 140 g/mol. The Bertz CT molecular complexity index is 291. The van der Waals surface area contributed by atoms with Crippen LogP contribution in [0.3, 0.4) is 0 Å². The van der Waals surface area contributed by atoms with Gasteiger partial charge >= 0.3 is 0 Å². The van der Waals surface area contributed by atoms with Gasteiger partial charge in [-0.25, -0.2) is 0 Å². The zero-order valence-electron chi connectivity index (χ0n) is 5.65. The van der Waals surface area contributed by atoms with Crippen LogP contribution in [0.25, 0.3) is 0 Å². The van der Waals surface area contributed by atoms with Gasteiger partial charge in [-0.05, 0) is 0 Å². The molecule has 0 fully saturated rings. The maximum atomic E-state index is 8.41. The summed E-state index contributed by atoms with van der Waals surface area (Å²) in [6.07, 6.45) is 2.99. The molecule has 0 aromatic rings. The molecule has 0 N–H and O–H groups in total. The van der Waals surface area contributed by atoms with Crippen molar-refractivity contribution in [1.29, 1.82) is 10.5 Å². The van der Waals surface area contributed by atoms with Crippen molar-refractivity contribution < 1.29 is 0 Å². The minimum Gasteiger partial charge on any atom is -0.285 e. The van der Waals surface area contributed by atoms with Gasteiger partial charge in [-0.3, -0.25) is 9.98 Å². The first-order valence-corrected chi connectivity index (χ1v) is 2.95. The molecule has 0 saturated carbocycles. The van der Waals surface area contributed by atoms with Gasteiger partial charge in [-0.1, -0.05) is 0 Å². The van der Waals surface area contributed by atoms with Gasteiger partial charge in [-0.2, -0.15) is 10.5 Å². The van der Waals surface area contributed by atoms with Crippen LogP contribution >= 0.6 is 0 Å². The van der Waals surface area contributed by atoms with Crippen molar-refractivity contribution in [2.75, 3.05) is 6.54 Å². The Morgan fingerprint density at radius 2 is 2.18 bits per heavy atom. The van der Waals surface area contributed by atoms with E-state index in [2.05, 4.69) is 9.98 Å². The van der Waals surface area contributed by atoms with Gasteiger partial charge in [0, 0.05) is 12.4 Å². The predicted molar refractivity (Wildman–Crippen MR) is 40.1 cm³/mol. The van der Waals surface area contributed by atoms with Crippen LogP contribution < -0.4 is 0 Å². The van der Waals surface area contributed by atoms with Crippen LogP contribution in [0.15, 0.2) is 21.3 Å². The molecule has 1 aliphatic heterocycles. The highest BCUT2D eigenvalue weighted by Crippen LogP contribution is 2.03. The normalized spacial score (nSPS) is 13.8. The van der Waals surface area contributed by atoms with E-state index in [-0.39, 0.29) is 5.57 Å². The summed E-state index contributed by atoms with van der Waals surface area (Å²) in [5.41, 5.74) is 0.353. The molecule has 1 rings (SSSR count). The highest BCUT2D eigenvalue weighted by molar-refractivity contribution is 5.88. The number of allylic oxidation sites excluding steroid dienone is 2. The highest BCUT2D eigenvalue weighted by atomic mass is 14.9. The van der Waals surface area contributed by atoms with Crippen molar-refractivity contribution in [1.82, 2.24) is 0 Å². The molecule has 0 aromatic heterocycles. The molecule has 0 unspecified atom stereocenters. The van der Waals surface area contributed by atoms with E-state index in [1.165, 1.54) is 6.21 Å². The van der Waals surface area contributed by atoms with E-state index in [1.54, 1.807) is 18.4 Å². The Morgan fingerprint density at radius 3 is 2.64 bits per heavy atom. The lowest BCUT2D eigenvalue weighted by Crippen LogP contribution is -1.96. The molecular formula is C7H4N4. The zero-order valence-corrected chi connectivity index (χ0v) is 5.65. The largest absolute Gasteiger partial charge is 0.285 e. The van der Waals surface area contributed by atoms with Gasteiger partial charge in [0.05, 0.1) is 6.54 Å². The number of aliphatic imine (C=N–C) groups is 2. The van der Waals surface area contributed by atoms with Crippen molar-refractivity contribution >= 4 is 12.4 Å². The van der Waals surface area contributed by atoms with Crippen LogP contribution in [-0.2, 0) is 0 Å². The molecule has 4 heteroatoms. The van der Waals surface area contributed by atoms with Crippen molar-refractivity contribution in [3.8, 4) is 12.1 Å². The van der Waals surface area contributed by atoms with E-state index in [4.69, 9.17) is 10.5 Å². The summed E-state index contributed by atoms with van der Waals surface area (Å²) in [4.78, 5) is 7.67. The fourth-order valence-electron chi connectivity index (χ4n) is 0.627. The molecule has 1 aliphatic rings. The molecule has 0 aromatic carbocycles. The van der Waals surface area contributed by atoms with Gasteiger partial charge < -0.3 is 0 Å². The lowest BCUT2D eigenvalue weighted by molar-refractivity contribution is 1.26. The van der Waals surface area contributed by atoms with E-state index in [0.717, 1.165) is 0 Å². The SMILES string of the molecule is N#CC(C#N)=C1C=NCC=N1. The average molecular weight is 144 g/mol. The Labute approximate surface area is 63.8 Å². The molecule has 0 aliphatic carbocycles. The van der Waals surface area contributed by atoms with Crippen LogP contribution in [0.4, 0.5) is 0 Å². The predicted octanol–water partition coefficient (Wildman–Crippen LogP) is 0.443. The van der Waals surface area contributed by atoms with Gasteiger partial charge in [-0.15, -0.1) is 0 Å². The Hall–Kier alpha value is -1.94. The fourth-order valence-corrected chi connectivity index (χ4v) is 0.627. The smallest absolute Gasteiger partial charge is 0.156 e. The highest BCUT2D eigenvalue weighted by Gasteiger charge is 2.02. The number of hydrogen-bond donors (Lipinski definition) is 0. The lowest BCUT2D eigenvalue weighted by atomic mass is 10.2. The molecule has 1 heterocycles. The third kappa shape index (κ3) is 1.50. The second-order valence-corrected chi connectivity index (χ2v) is 1.79. The zero-order chi connectivity index (χ0) is 8.10. The van der Waals surface area contributed by atoms with E-state index in [1.807, 2.05) is 0 Å². The lowest BCUT2D eigenvalue weighted by Gasteiger charge is -1.96. The molecule has 0 saturated heterocycles. The summed E-state index contributed by atoms with van der Waals surface area (Å²) in [5.74, 6) is 0. The first-order valence-electron chi connectivity index (χ1n) is 2.95. The summed E-state index contributed by atoms with van der Waals surface area (Å²) in [5, 5.41) is 16.8. The second kappa shape index (κ2) is 3.28. The maximum absolute atomic E-state index is 8.41. The first-order chi connectivity index (χ1) is 5.38. The average Bonchev–Trinajstić information content (AvgIpc) is 2.09. The van der Waals surface area contributed by atoms with Gasteiger partial charge in [0.1, 0.15) is 17.8 Å². The van der Waals surface area contributed by atoms with Gasteiger partial charge in [0.2, 0.25) is 0 Å². The molecule has 0 spiro atoms. The maximum Gasteiger partial charge on any atom is 0.156 e. The topological polar surface area (TPSA) is 72.3 Å². The fraction of sp³-hybridized carbons (Fsp3) is 0.143. The first kappa shape index (κ1) is 7.17. The third-order valence-corrected chi connectivity index (χ3v) is 1.11. The number of hydrogen-bond acceptors (Lipinski definition) is 4.